The van der Waals surface area contributed by atoms with E-state index in [1.54, 1.807) is 13.3 Å². The molecule has 0 fully saturated rings. The first kappa shape index (κ1) is 16.1. The maximum atomic E-state index is 13.0. The summed E-state index contributed by atoms with van der Waals surface area (Å²) in [6, 6.07) is 16.2. The molecule has 1 N–H and O–H groups in total. The van der Waals surface area contributed by atoms with Crippen molar-refractivity contribution in [3.05, 3.63) is 77.1 Å². The van der Waals surface area contributed by atoms with Crippen LogP contribution in [0.1, 0.15) is 36.3 Å². The summed E-state index contributed by atoms with van der Waals surface area (Å²) in [7, 11) is 1.68. The van der Waals surface area contributed by atoms with Gasteiger partial charge in [0.1, 0.15) is 5.75 Å². The van der Waals surface area contributed by atoms with Crippen LogP contribution in [0.25, 0.3) is 10.9 Å². The summed E-state index contributed by atoms with van der Waals surface area (Å²) in [5.41, 5.74) is 6.07. The average molecular weight is 356 g/mol. The Balaban J connectivity index is 1.86. The average Bonchev–Trinajstić information content (AvgIpc) is 2.72. The second-order valence-electron chi connectivity index (χ2n) is 7.07. The minimum atomic E-state index is -0.145. The number of rotatable bonds is 2. The van der Waals surface area contributed by atoms with E-state index in [9.17, 15) is 4.79 Å². The first-order valence-electron chi connectivity index (χ1n) is 9.31. The minimum absolute atomic E-state index is 0.145. The van der Waals surface area contributed by atoms with Crippen molar-refractivity contribution < 1.29 is 9.53 Å². The fourth-order valence-electron chi connectivity index (χ4n) is 4.45. The number of carbonyl (C=O) groups is 1. The minimum Gasteiger partial charge on any atom is -0.496 e. The number of pyridine rings is 1. The lowest BCUT2D eigenvalue weighted by molar-refractivity contribution is -0.116. The third-order valence-corrected chi connectivity index (χ3v) is 5.60. The fourth-order valence-corrected chi connectivity index (χ4v) is 4.45. The highest BCUT2D eigenvalue weighted by molar-refractivity contribution is 6.03. The van der Waals surface area contributed by atoms with E-state index in [1.807, 2.05) is 30.3 Å². The van der Waals surface area contributed by atoms with Crippen LogP contribution >= 0.6 is 0 Å². The molecule has 0 saturated heterocycles. The number of carbonyl (C=O) groups excluding carboxylic acids is 1. The summed E-state index contributed by atoms with van der Waals surface area (Å²) in [5, 5.41) is 4.62. The van der Waals surface area contributed by atoms with Crippen LogP contribution in [0.4, 0.5) is 5.69 Å². The summed E-state index contributed by atoms with van der Waals surface area (Å²) in [4.78, 5) is 17.5. The van der Waals surface area contributed by atoms with E-state index in [-0.39, 0.29) is 11.7 Å². The summed E-state index contributed by atoms with van der Waals surface area (Å²) in [6.07, 6.45) is 4.20. The molecule has 2 aliphatic rings. The standard InChI is InChI=1S/C23H20N2O2/c1-27-20-10-3-2-6-15(20)22-21-14-7-5-13-24-16(14)11-12-18(21)25-17-8-4-9-19(26)23(17)22/h2-3,5-7,10-13,22,25H,4,8-9H2,1H3/t22-/m1/s1. The number of methoxy groups -OCH3 is 1. The lowest BCUT2D eigenvalue weighted by atomic mass is 9.74. The Kier molecular flexibility index (Phi) is 3.71. The molecule has 0 bridgehead atoms. The van der Waals surface area contributed by atoms with Crippen molar-refractivity contribution in [2.24, 2.45) is 0 Å². The Morgan fingerprint density at radius 1 is 1.07 bits per heavy atom. The number of hydrogen-bond donors (Lipinski definition) is 1. The van der Waals surface area contributed by atoms with Crippen molar-refractivity contribution in [2.45, 2.75) is 25.2 Å². The first-order valence-corrected chi connectivity index (χ1v) is 9.31. The molecule has 3 aromatic rings. The molecule has 1 atom stereocenters. The maximum absolute atomic E-state index is 13.0. The van der Waals surface area contributed by atoms with Gasteiger partial charge in [-0.05, 0) is 42.7 Å². The quantitative estimate of drug-likeness (QED) is 0.716. The van der Waals surface area contributed by atoms with Crippen molar-refractivity contribution in [1.29, 1.82) is 0 Å². The van der Waals surface area contributed by atoms with Crippen molar-refractivity contribution in [1.82, 2.24) is 4.98 Å². The third-order valence-electron chi connectivity index (χ3n) is 5.60. The molecule has 0 amide bonds. The third kappa shape index (κ3) is 2.44. The summed E-state index contributed by atoms with van der Waals surface area (Å²) >= 11 is 0. The lowest BCUT2D eigenvalue weighted by Crippen LogP contribution is -2.27. The number of ketones is 1. The van der Waals surface area contributed by atoms with Crippen LogP contribution in [0.5, 0.6) is 5.75 Å². The van der Waals surface area contributed by atoms with Gasteiger partial charge < -0.3 is 10.1 Å². The molecule has 1 aliphatic heterocycles. The molecular formula is C23H20N2O2. The number of benzene rings is 2. The van der Waals surface area contributed by atoms with Crippen LogP contribution in [0.2, 0.25) is 0 Å². The largest absolute Gasteiger partial charge is 0.496 e. The molecule has 1 aromatic heterocycles. The molecule has 4 heteroatoms. The van der Waals surface area contributed by atoms with Gasteiger partial charge in [0.25, 0.3) is 0 Å². The number of anilines is 1. The Labute approximate surface area is 157 Å². The number of Topliss-reactive ketones (excluding diaryl/α,β-unsaturated/α-hetero) is 1. The molecule has 1 aliphatic carbocycles. The topological polar surface area (TPSA) is 51.2 Å². The van der Waals surface area contributed by atoms with E-state index in [0.717, 1.165) is 57.6 Å². The van der Waals surface area contributed by atoms with Gasteiger partial charge in [-0.1, -0.05) is 24.3 Å². The molecule has 0 radical (unpaired) electrons. The van der Waals surface area contributed by atoms with Crippen molar-refractivity contribution >= 4 is 22.4 Å². The van der Waals surface area contributed by atoms with Crippen LogP contribution in [-0.4, -0.2) is 17.9 Å². The number of fused-ring (bicyclic) bond motifs is 3. The Morgan fingerprint density at radius 3 is 2.85 bits per heavy atom. The smallest absolute Gasteiger partial charge is 0.161 e. The molecule has 5 rings (SSSR count). The summed E-state index contributed by atoms with van der Waals surface area (Å²) in [5.74, 6) is 0.890. The molecule has 2 heterocycles. The number of ether oxygens (including phenoxy) is 1. The lowest BCUT2D eigenvalue weighted by Gasteiger charge is -2.35. The van der Waals surface area contributed by atoms with E-state index in [1.165, 1.54) is 0 Å². The molecule has 27 heavy (non-hydrogen) atoms. The van der Waals surface area contributed by atoms with Crippen LogP contribution < -0.4 is 10.1 Å². The molecule has 0 unspecified atom stereocenters. The van der Waals surface area contributed by atoms with E-state index in [4.69, 9.17) is 4.74 Å². The number of allylic oxidation sites excluding steroid dienone is 2. The van der Waals surface area contributed by atoms with E-state index in [0.29, 0.717) is 6.42 Å². The number of hydrogen-bond acceptors (Lipinski definition) is 4. The van der Waals surface area contributed by atoms with Crippen molar-refractivity contribution in [2.75, 3.05) is 12.4 Å². The molecule has 0 saturated carbocycles. The zero-order chi connectivity index (χ0) is 18.4. The summed E-state index contributed by atoms with van der Waals surface area (Å²) < 4.78 is 5.67. The van der Waals surface area contributed by atoms with Gasteiger partial charge in [0.2, 0.25) is 0 Å². The van der Waals surface area contributed by atoms with Gasteiger partial charge in [-0.25, -0.2) is 0 Å². The molecule has 4 nitrogen and oxygen atoms in total. The zero-order valence-electron chi connectivity index (χ0n) is 15.2. The van der Waals surface area contributed by atoms with Crippen LogP contribution in [0.3, 0.4) is 0 Å². The second-order valence-corrected chi connectivity index (χ2v) is 7.07. The van der Waals surface area contributed by atoms with Crippen LogP contribution in [0.15, 0.2) is 66.0 Å². The van der Waals surface area contributed by atoms with Gasteiger partial charge >= 0.3 is 0 Å². The van der Waals surface area contributed by atoms with Crippen LogP contribution in [-0.2, 0) is 4.79 Å². The maximum Gasteiger partial charge on any atom is 0.161 e. The van der Waals surface area contributed by atoms with Crippen LogP contribution in [0, 0.1) is 0 Å². The second kappa shape index (κ2) is 6.23. The highest BCUT2D eigenvalue weighted by atomic mass is 16.5. The van der Waals surface area contributed by atoms with Gasteiger partial charge in [-0.3, -0.25) is 9.78 Å². The predicted molar refractivity (Wildman–Crippen MR) is 106 cm³/mol. The zero-order valence-corrected chi connectivity index (χ0v) is 15.2. The Bertz CT molecular complexity index is 1100. The van der Waals surface area contributed by atoms with Gasteiger partial charge in [0.15, 0.2) is 5.78 Å². The monoisotopic (exact) mass is 356 g/mol. The van der Waals surface area contributed by atoms with Crippen molar-refractivity contribution in [3.8, 4) is 5.75 Å². The fraction of sp³-hybridized carbons (Fsp3) is 0.217. The van der Waals surface area contributed by atoms with E-state index >= 15 is 0 Å². The summed E-state index contributed by atoms with van der Waals surface area (Å²) in [6.45, 7) is 0. The first-order chi connectivity index (χ1) is 13.3. The highest BCUT2D eigenvalue weighted by Gasteiger charge is 2.37. The van der Waals surface area contributed by atoms with E-state index in [2.05, 4.69) is 28.5 Å². The molecule has 134 valence electrons. The molecule has 2 aromatic carbocycles. The van der Waals surface area contributed by atoms with Gasteiger partial charge in [-0.2, -0.15) is 0 Å². The SMILES string of the molecule is COc1ccccc1[C@H]1C2=C(CCCC2=O)Nc2ccc3ncccc3c21. The number of nitrogens with zero attached hydrogens (tertiary/aromatic N) is 1. The number of para-hydroxylation sites is 1. The number of aromatic nitrogens is 1. The normalized spacial score (nSPS) is 18.7. The Hall–Kier alpha value is -3.14. The Morgan fingerprint density at radius 2 is 1.96 bits per heavy atom. The van der Waals surface area contributed by atoms with E-state index < -0.39 is 0 Å². The molecule has 0 spiro atoms. The van der Waals surface area contributed by atoms with Crippen molar-refractivity contribution in [3.63, 3.8) is 0 Å². The van der Waals surface area contributed by atoms with Gasteiger partial charge in [-0.15, -0.1) is 0 Å². The highest BCUT2D eigenvalue weighted by Crippen LogP contribution is 2.49. The van der Waals surface area contributed by atoms with Gasteiger partial charge in [0, 0.05) is 46.4 Å². The number of nitrogens with one attached hydrogen (secondary N) is 1. The van der Waals surface area contributed by atoms with Gasteiger partial charge in [0.05, 0.1) is 12.6 Å². The molecular weight excluding hydrogens is 336 g/mol. The predicted octanol–water partition coefficient (Wildman–Crippen LogP) is 4.81.